The van der Waals surface area contributed by atoms with Gasteiger partial charge in [-0.1, -0.05) is 0 Å². The van der Waals surface area contributed by atoms with Crippen LogP contribution in [0.1, 0.15) is 0 Å². The Kier molecular flexibility index (Phi) is 68.5. The second kappa shape index (κ2) is 17.9. The molecule has 0 aromatic rings. The molecule has 0 fully saturated rings. The summed E-state index contributed by atoms with van der Waals surface area (Å²) in [6.07, 6.45) is 0. The predicted molar refractivity (Wildman–Crippen MR) is 7.61 cm³/mol. The van der Waals surface area contributed by atoms with Gasteiger partial charge in [-0.3, -0.25) is 0 Å². The summed E-state index contributed by atoms with van der Waals surface area (Å²) < 4.78 is 8.55. The van der Waals surface area contributed by atoms with E-state index in [9.17, 15) is 0 Å². The maximum Gasteiger partial charge on any atom is 2.00 e. The molecule has 0 aliphatic carbocycles. The molecular weight excluding hydrogens is 227 g/mol. The van der Waals surface area contributed by atoms with Crippen molar-refractivity contribution in [1.82, 2.24) is 0 Å². The molecule has 10 heavy (non-hydrogen) atoms. The van der Waals surface area contributed by atoms with Gasteiger partial charge in [0.1, 0.15) is 0 Å². The molecule has 0 amide bonds. The van der Waals surface area contributed by atoms with Gasteiger partial charge in [0.25, 0.3) is 0 Å². The zero-order valence-electron chi connectivity index (χ0n) is 5.81. The molecule has 0 rings (SSSR count). The Bertz CT molecular complexity index is 66.6. The molecule has 0 bridgehead atoms. The van der Waals surface area contributed by atoms with Gasteiger partial charge in [-0.15, -0.1) is 0 Å². The van der Waals surface area contributed by atoms with Gasteiger partial charge in [-0.05, 0) is 0 Å². The van der Waals surface area contributed by atoms with Crippen LogP contribution in [0.2, 0.25) is 0 Å². The molecule has 43 valence electrons. The molecule has 0 aromatic heterocycles. The van der Waals surface area contributed by atoms with Crippen molar-refractivity contribution in [2.75, 3.05) is 0 Å². The molecule has 0 N–H and O–H groups in total. The SMILES string of the molecule is O=P([O-])([O-])[O-].[Fe+2].[Li+].[Li+].[Li+].[Mn+2]. The summed E-state index contributed by atoms with van der Waals surface area (Å²) in [5.41, 5.74) is 0. The van der Waals surface area contributed by atoms with Crippen molar-refractivity contribution in [3.05, 3.63) is 0 Å². The molecule has 0 atom stereocenters. The minimum absolute atomic E-state index is 0. The van der Waals surface area contributed by atoms with Crippen molar-refractivity contribution in [1.29, 1.82) is 0 Å². The van der Waals surface area contributed by atoms with Crippen molar-refractivity contribution < 1.29 is 110 Å². The van der Waals surface area contributed by atoms with Gasteiger partial charge in [-0.2, -0.15) is 7.82 Å². The minimum atomic E-state index is -5.39. The molecule has 0 saturated carbocycles. The van der Waals surface area contributed by atoms with Crippen LogP contribution in [0.25, 0.3) is 0 Å². The van der Waals surface area contributed by atoms with Crippen molar-refractivity contribution in [3.8, 4) is 0 Å². The summed E-state index contributed by atoms with van der Waals surface area (Å²) in [6.45, 7) is 0. The van der Waals surface area contributed by atoms with Gasteiger partial charge in [0.15, 0.2) is 0 Å². The van der Waals surface area contributed by atoms with E-state index >= 15 is 0 Å². The van der Waals surface area contributed by atoms with Gasteiger partial charge < -0.3 is 19.2 Å². The monoisotopic (exact) mass is 227 g/mol. The summed E-state index contributed by atoms with van der Waals surface area (Å²) in [4.78, 5) is 25.6. The Hall–Kier alpha value is 2.94. The van der Waals surface area contributed by atoms with E-state index < -0.39 is 7.82 Å². The van der Waals surface area contributed by atoms with Crippen LogP contribution in [-0.2, 0) is 38.7 Å². The first kappa shape index (κ1) is 38.3. The van der Waals surface area contributed by atoms with Crippen LogP contribution in [0.3, 0.4) is 0 Å². The molecule has 4 nitrogen and oxygen atoms in total. The van der Waals surface area contributed by atoms with Gasteiger partial charge in [0.2, 0.25) is 0 Å². The quantitative estimate of drug-likeness (QED) is 0.303. The van der Waals surface area contributed by atoms with Crippen molar-refractivity contribution >= 4 is 7.82 Å². The van der Waals surface area contributed by atoms with Gasteiger partial charge in [-0.25, -0.2) is 0 Å². The molecule has 1 radical (unpaired) electrons. The third-order valence-electron chi connectivity index (χ3n) is 0. The summed E-state index contributed by atoms with van der Waals surface area (Å²) >= 11 is 0. The first-order valence-corrected chi connectivity index (χ1v) is 2.19. The maximum atomic E-state index is 8.55. The largest absolute Gasteiger partial charge is 2.00 e. The van der Waals surface area contributed by atoms with Gasteiger partial charge >= 0.3 is 90.7 Å². The predicted octanol–water partition coefficient (Wildman–Crippen LogP) is -11.8. The van der Waals surface area contributed by atoms with Crippen molar-refractivity contribution in [3.63, 3.8) is 0 Å². The average Bonchev–Trinajstić information content (AvgIpc) is 0.722. The Balaban J connectivity index is -0.00000000800. The van der Waals surface area contributed by atoms with Gasteiger partial charge in [0, 0.05) is 0 Å². The van der Waals surface area contributed by atoms with Gasteiger partial charge in [0.05, 0.1) is 0 Å². The van der Waals surface area contributed by atoms with Crippen molar-refractivity contribution in [2.45, 2.75) is 0 Å². The maximum absolute atomic E-state index is 8.55. The third kappa shape index (κ3) is 125. The van der Waals surface area contributed by atoms with E-state index in [-0.39, 0.29) is 90.7 Å². The normalized spacial score (nSPS) is 5.90. The van der Waals surface area contributed by atoms with E-state index in [0.29, 0.717) is 0 Å². The van der Waals surface area contributed by atoms with E-state index in [4.69, 9.17) is 19.2 Å². The fraction of sp³-hybridized carbons (Fsp3) is 0. The Labute approximate surface area is 116 Å². The third-order valence-corrected chi connectivity index (χ3v) is 0. The van der Waals surface area contributed by atoms with Crippen LogP contribution in [0, 0.1) is 0 Å². The fourth-order valence-electron chi connectivity index (χ4n) is 0. The van der Waals surface area contributed by atoms with Crippen LogP contribution in [0.5, 0.6) is 0 Å². The van der Waals surface area contributed by atoms with E-state index in [1.165, 1.54) is 0 Å². The second-order valence-electron chi connectivity index (χ2n) is 0.447. The van der Waals surface area contributed by atoms with Crippen LogP contribution in [0.4, 0.5) is 0 Å². The second-order valence-corrected chi connectivity index (χ2v) is 1.34. The molecule has 10 heteroatoms. The number of hydrogen-bond donors (Lipinski definition) is 0. The Morgan fingerprint density at radius 1 is 0.900 bits per heavy atom. The van der Waals surface area contributed by atoms with E-state index in [0.717, 1.165) is 0 Å². The van der Waals surface area contributed by atoms with E-state index in [2.05, 4.69) is 0 Å². The van der Waals surface area contributed by atoms with Crippen LogP contribution in [0.15, 0.2) is 0 Å². The first-order valence-electron chi connectivity index (χ1n) is 0.730. The topological polar surface area (TPSA) is 86.2 Å². The number of rotatable bonds is 0. The van der Waals surface area contributed by atoms with E-state index in [1.807, 2.05) is 0 Å². The number of phosphoric acid groups is 1. The summed E-state index contributed by atoms with van der Waals surface area (Å²) in [6, 6.07) is 0. The molecule has 0 saturated heterocycles. The van der Waals surface area contributed by atoms with Crippen LogP contribution < -0.4 is 71.3 Å². The summed E-state index contributed by atoms with van der Waals surface area (Å²) in [5.74, 6) is 0. The summed E-state index contributed by atoms with van der Waals surface area (Å²) in [5, 5.41) is 0. The molecule has 0 heterocycles. The Morgan fingerprint density at radius 3 is 0.900 bits per heavy atom. The standard InChI is InChI=1S/Fe.3Li.Mn.H3O4P/c;;;;;1-5(2,3)4/h;;;;;(H3,1,2,3,4)/q+2;3*+1;+2;/p-3. The molecule has 0 aliphatic rings. The number of hydrogen-bond acceptors (Lipinski definition) is 4. The van der Waals surface area contributed by atoms with Crippen LogP contribution in [-0.4, -0.2) is 0 Å². The minimum Gasteiger partial charge on any atom is -0.822 e. The average molecular weight is 227 g/mol. The zero-order valence-corrected chi connectivity index (χ0v) is 8.99. The molecular formula is FeLi3MnO4P+4. The fourth-order valence-corrected chi connectivity index (χ4v) is 0. The van der Waals surface area contributed by atoms with Crippen molar-refractivity contribution in [2.24, 2.45) is 0 Å². The Morgan fingerprint density at radius 2 is 0.900 bits per heavy atom. The molecule has 0 aliphatic heterocycles. The first-order chi connectivity index (χ1) is 2.00. The zero-order chi connectivity index (χ0) is 4.50. The molecule has 0 unspecified atom stereocenters. The van der Waals surface area contributed by atoms with Crippen LogP contribution >= 0.6 is 7.82 Å². The molecule has 0 aromatic carbocycles. The summed E-state index contributed by atoms with van der Waals surface area (Å²) in [7, 11) is -5.39. The smallest absolute Gasteiger partial charge is 0.822 e. The van der Waals surface area contributed by atoms with E-state index in [1.54, 1.807) is 0 Å². The molecule has 0 spiro atoms.